The van der Waals surface area contributed by atoms with Gasteiger partial charge in [0, 0.05) is 12.0 Å². The van der Waals surface area contributed by atoms with Gasteiger partial charge in [-0.2, -0.15) is 0 Å². The van der Waals surface area contributed by atoms with E-state index in [0.29, 0.717) is 6.42 Å². The van der Waals surface area contributed by atoms with Crippen molar-refractivity contribution in [3.63, 3.8) is 0 Å². The molecule has 0 unspecified atom stereocenters. The Morgan fingerprint density at radius 3 is 1.83 bits per heavy atom. The van der Waals surface area contributed by atoms with Crippen LogP contribution in [0, 0.1) is 0 Å². The van der Waals surface area contributed by atoms with Gasteiger partial charge in [0.15, 0.2) is 0 Å². The monoisotopic (exact) mass is 324 g/mol. The van der Waals surface area contributed by atoms with Gasteiger partial charge in [0.2, 0.25) is 11.8 Å². The molecule has 0 heterocycles. The van der Waals surface area contributed by atoms with Crippen LogP contribution < -0.4 is 11.5 Å². The maximum absolute atomic E-state index is 11.4. The lowest BCUT2D eigenvalue weighted by atomic mass is 10.0. The third-order valence-electron chi connectivity index (χ3n) is 4.13. The first-order chi connectivity index (χ1) is 11.1. The van der Waals surface area contributed by atoms with Gasteiger partial charge in [0.05, 0.1) is 0 Å². The summed E-state index contributed by atoms with van der Waals surface area (Å²) >= 11 is 0. The summed E-state index contributed by atoms with van der Waals surface area (Å²) in [6.45, 7) is 2.22. The third kappa shape index (κ3) is 15.4. The molecule has 0 bridgehead atoms. The van der Waals surface area contributed by atoms with Gasteiger partial charge in [-0.25, -0.2) is 0 Å². The number of carbonyl (C=O) groups is 2. The molecule has 0 aliphatic heterocycles. The summed E-state index contributed by atoms with van der Waals surface area (Å²) in [4.78, 5) is 22.1. The molecule has 23 heavy (non-hydrogen) atoms. The number of nitrogens with two attached hydrogens (primary N) is 2. The largest absolute Gasteiger partial charge is 0.370 e. The summed E-state index contributed by atoms with van der Waals surface area (Å²) in [6.07, 6.45) is 16.9. The number of allylic oxidation sites excluding steroid dienone is 1. The molecular weight excluding hydrogens is 288 g/mol. The Morgan fingerprint density at radius 2 is 1.26 bits per heavy atom. The van der Waals surface area contributed by atoms with Crippen LogP contribution in [0.15, 0.2) is 11.6 Å². The Balaban J connectivity index is 3.70. The fraction of sp³-hybridized carbons (Fsp3) is 0.789. The second kappa shape index (κ2) is 15.6. The maximum Gasteiger partial charge on any atom is 0.244 e. The van der Waals surface area contributed by atoms with Crippen molar-refractivity contribution in [2.45, 2.75) is 96.8 Å². The Hall–Kier alpha value is -1.32. The summed E-state index contributed by atoms with van der Waals surface area (Å²) in [6, 6.07) is 0. The molecule has 4 N–H and O–H groups in total. The molecular formula is C19H36N2O2. The van der Waals surface area contributed by atoms with E-state index in [9.17, 15) is 9.59 Å². The lowest BCUT2D eigenvalue weighted by Crippen LogP contribution is -2.14. The summed E-state index contributed by atoms with van der Waals surface area (Å²) in [5, 5.41) is 0. The fourth-order valence-corrected chi connectivity index (χ4v) is 2.67. The van der Waals surface area contributed by atoms with Crippen molar-refractivity contribution in [2.75, 3.05) is 0 Å². The van der Waals surface area contributed by atoms with Crippen LogP contribution in [0.25, 0.3) is 0 Å². The molecule has 0 aromatic heterocycles. The minimum atomic E-state index is -0.273. The van der Waals surface area contributed by atoms with Gasteiger partial charge in [-0.15, -0.1) is 0 Å². The van der Waals surface area contributed by atoms with Crippen molar-refractivity contribution in [1.29, 1.82) is 0 Å². The highest BCUT2D eigenvalue weighted by molar-refractivity contribution is 5.91. The van der Waals surface area contributed by atoms with E-state index in [0.717, 1.165) is 56.9 Å². The van der Waals surface area contributed by atoms with Crippen LogP contribution in [-0.2, 0) is 9.59 Å². The van der Waals surface area contributed by atoms with Gasteiger partial charge < -0.3 is 11.5 Å². The SMILES string of the molecule is CCCCCCCCC=C(CCCCCCCC(N)=O)C(N)=O. The highest BCUT2D eigenvalue weighted by Gasteiger charge is 2.04. The van der Waals surface area contributed by atoms with Crippen LogP contribution in [0.5, 0.6) is 0 Å². The number of rotatable bonds is 16. The zero-order valence-corrected chi connectivity index (χ0v) is 14.9. The highest BCUT2D eigenvalue weighted by Crippen LogP contribution is 2.14. The molecule has 0 aromatic carbocycles. The number of hydrogen-bond acceptors (Lipinski definition) is 2. The number of hydrogen-bond donors (Lipinski definition) is 2. The van der Waals surface area contributed by atoms with Gasteiger partial charge in [-0.3, -0.25) is 9.59 Å². The average molecular weight is 325 g/mol. The standard InChI is InChI=1S/C19H36N2O2/c1-2-3-4-5-6-8-11-14-17(19(21)23)15-12-9-7-10-13-16-18(20)22/h14H,2-13,15-16H2,1H3,(H2,20,22)(H2,21,23). The molecule has 0 saturated heterocycles. The van der Waals surface area contributed by atoms with Gasteiger partial charge >= 0.3 is 0 Å². The first-order valence-corrected chi connectivity index (χ1v) is 9.35. The fourth-order valence-electron chi connectivity index (χ4n) is 2.67. The quantitative estimate of drug-likeness (QED) is 0.326. The van der Waals surface area contributed by atoms with Crippen molar-refractivity contribution < 1.29 is 9.59 Å². The molecule has 0 spiro atoms. The minimum absolute atomic E-state index is 0.223. The molecule has 0 rings (SSSR count). The Morgan fingerprint density at radius 1 is 0.739 bits per heavy atom. The summed E-state index contributed by atoms with van der Waals surface area (Å²) < 4.78 is 0. The van der Waals surface area contributed by atoms with Crippen LogP contribution in [0.4, 0.5) is 0 Å². The summed E-state index contributed by atoms with van der Waals surface area (Å²) in [7, 11) is 0. The maximum atomic E-state index is 11.4. The molecule has 0 atom stereocenters. The van der Waals surface area contributed by atoms with Crippen molar-refractivity contribution in [3.05, 3.63) is 11.6 Å². The molecule has 4 heteroatoms. The molecule has 0 aromatic rings. The van der Waals surface area contributed by atoms with E-state index in [-0.39, 0.29) is 11.8 Å². The lowest BCUT2D eigenvalue weighted by Gasteiger charge is -2.05. The van der Waals surface area contributed by atoms with Crippen LogP contribution >= 0.6 is 0 Å². The molecule has 0 fully saturated rings. The van der Waals surface area contributed by atoms with Crippen LogP contribution in [0.2, 0.25) is 0 Å². The zero-order chi connectivity index (χ0) is 17.3. The first-order valence-electron chi connectivity index (χ1n) is 9.35. The van der Waals surface area contributed by atoms with Gasteiger partial charge in [-0.1, -0.05) is 64.4 Å². The smallest absolute Gasteiger partial charge is 0.244 e. The Bertz CT molecular complexity index is 351. The number of unbranched alkanes of at least 4 members (excludes halogenated alkanes) is 10. The zero-order valence-electron chi connectivity index (χ0n) is 14.9. The minimum Gasteiger partial charge on any atom is -0.370 e. The van der Waals surface area contributed by atoms with Crippen molar-refractivity contribution in [1.82, 2.24) is 0 Å². The normalized spacial score (nSPS) is 11.6. The van der Waals surface area contributed by atoms with E-state index in [1.54, 1.807) is 0 Å². The lowest BCUT2D eigenvalue weighted by molar-refractivity contribution is -0.118. The summed E-state index contributed by atoms with van der Waals surface area (Å²) in [5.74, 6) is -0.497. The van der Waals surface area contributed by atoms with Crippen molar-refractivity contribution in [3.8, 4) is 0 Å². The Kier molecular flexibility index (Phi) is 14.7. The number of amides is 2. The van der Waals surface area contributed by atoms with E-state index < -0.39 is 0 Å². The van der Waals surface area contributed by atoms with Gasteiger partial charge in [-0.05, 0) is 32.1 Å². The molecule has 4 nitrogen and oxygen atoms in total. The molecule has 2 amide bonds. The predicted molar refractivity (Wildman–Crippen MR) is 96.8 cm³/mol. The van der Waals surface area contributed by atoms with E-state index in [1.807, 2.05) is 6.08 Å². The predicted octanol–water partition coefficient (Wildman–Crippen LogP) is 4.36. The molecule has 0 saturated carbocycles. The van der Waals surface area contributed by atoms with E-state index in [2.05, 4.69) is 6.92 Å². The molecule has 0 aliphatic carbocycles. The molecule has 0 radical (unpaired) electrons. The topological polar surface area (TPSA) is 86.2 Å². The second-order valence-electron chi connectivity index (χ2n) is 6.38. The third-order valence-corrected chi connectivity index (χ3v) is 4.13. The van der Waals surface area contributed by atoms with Crippen molar-refractivity contribution >= 4 is 11.8 Å². The van der Waals surface area contributed by atoms with Crippen LogP contribution in [-0.4, -0.2) is 11.8 Å². The van der Waals surface area contributed by atoms with Crippen LogP contribution in [0.1, 0.15) is 96.8 Å². The number of carbonyl (C=O) groups excluding carboxylic acids is 2. The molecule has 134 valence electrons. The average Bonchev–Trinajstić information content (AvgIpc) is 2.50. The highest BCUT2D eigenvalue weighted by atomic mass is 16.1. The van der Waals surface area contributed by atoms with E-state index in [4.69, 9.17) is 11.5 Å². The van der Waals surface area contributed by atoms with Crippen molar-refractivity contribution in [2.24, 2.45) is 11.5 Å². The summed E-state index contributed by atoms with van der Waals surface area (Å²) in [5.41, 5.74) is 11.3. The first kappa shape index (κ1) is 21.7. The van der Waals surface area contributed by atoms with Crippen LogP contribution in [0.3, 0.4) is 0 Å². The number of primary amides is 2. The van der Waals surface area contributed by atoms with Gasteiger partial charge in [0.25, 0.3) is 0 Å². The van der Waals surface area contributed by atoms with Gasteiger partial charge in [0.1, 0.15) is 0 Å². The Labute approximate surface area is 142 Å². The van der Waals surface area contributed by atoms with E-state index in [1.165, 1.54) is 32.1 Å². The second-order valence-corrected chi connectivity index (χ2v) is 6.38. The molecule has 0 aliphatic rings. The van der Waals surface area contributed by atoms with E-state index >= 15 is 0 Å².